The molecule has 0 aromatic rings. The molecule has 0 amide bonds. The van der Waals surface area contributed by atoms with E-state index in [1.807, 2.05) is 6.08 Å². The van der Waals surface area contributed by atoms with E-state index in [0.717, 1.165) is 82.0 Å². The van der Waals surface area contributed by atoms with Gasteiger partial charge in [-0.2, -0.15) is 0 Å². The fraction of sp³-hybridized carbons (Fsp3) is 0.760. The minimum atomic E-state index is -0.562. The molecule has 0 spiro atoms. The number of rotatable bonds is 13. The van der Waals surface area contributed by atoms with Crippen molar-refractivity contribution in [3.05, 3.63) is 23.3 Å². The summed E-state index contributed by atoms with van der Waals surface area (Å²) in [4.78, 5) is 62.7. The van der Waals surface area contributed by atoms with Gasteiger partial charge in [0.25, 0.3) is 0 Å². The van der Waals surface area contributed by atoms with E-state index in [1.165, 1.54) is 77.9 Å². The zero-order valence-electron chi connectivity index (χ0n) is 40.2. The number of carbonyl (C=O) groups excluding carboxylic acids is 6. The third-order valence-electron chi connectivity index (χ3n) is 11.3. The highest BCUT2D eigenvalue weighted by atomic mass is 16.6. The average Bonchev–Trinajstić information content (AvgIpc) is 3.10. The molecule has 61 heavy (non-hydrogen) atoms. The summed E-state index contributed by atoms with van der Waals surface area (Å²) in [6.07, 6.45) is 26.6. The van der Waals surface area contributed by atoms with Gasteiger partial charge in [-0.25, -0.2) is 0 Å². The molecule has 0 aromatic carbocycles. The number of allylic oxidation sites excluding steroid dienone is 3. The second-order valence-corrected chi connectivity index (χ2v) is 18.2. The summed E-state index contributed by atoms with van der Waals surface area (Å²) in [6.45, 7) is 23.7. The number of esters is 6. The Morgan fingerprint density at radius 2 is 1.28 bits per heavy atom. The molecule has 4 atom stereocenters. The Balaban J connectivity index is 0.000000750. The van der Waals surface area contributed by atoms with Gasteiger partial charge < -0.3 is 23.7 Å². The highest BCUT2D eigenvalue weighted by Gasteiger charge is 2.52. The van der Waals surface area contributed by atoms with Crippen molar-refractivity contribution >= 4 is 35.8 Å². The number of hydrogen-bond acceptors (Lipinski definition) is 11. The van der Waals surface area contributed by atoms with Crippen molar-refractivity contribution in [1.29, 1.82) is 0 Å². The van der Waals surface area contributed by atoms with Crippen LogP contribution in [0.2, 0.25) is 0 Å². The first-order chi connectivity index (χ1) is 28.5. The molecule has 0 aliphatic heterocycles. The zero-order valence-corrected chi connectivity index (χ0v) is 40.2. The topological polar surface area (TPSA) is 149 Å². The van der Waals surface area contributed by atoms with Crippen LogP contribution in [0.25, 0.3) is 0 Å². The number of terminal acetylenes is 1. The van der Waals surface area contributed by atoms with Gasteiger partial charge in [0.15, 0.2) is 6.10 Å². The molecule has 5 fully saturated rings. The van der Waals surface area contributed by atoms with E-state index in [-0.39, 0.29) is 41.7 Å². The minimum Gasteiger partial charge on any atom is -0.462 e. The standard InChI is InChI=1S/C12H18O2.C12H22O2.C12H20O2.C10H16O2.C4H6O3/c1-8(13)14-12-5-9-2-10(6-12)4-11(3-9)7-12;1-8(2)11-6-5-9(3)7-12(11)14-10(4)13;1-10(2)6-5-7-11(3)8-9-14-12(4)13;1-4-6-7-8-10(5-2)12-9(3)11;1-3(5)7-4(2)6/h9-11H,2-7H2,1H3;8-9,11-12H,5-7H2,1-4H3;6,8H,5,7,9H2,1-4H3;2,10H,4,6-8H2,1,3H3;1-2H3/b;;11-8-;;/t;9-,11+,12-;;;/m.1.../s1. The summed E-state index contributed by atoms with van der Waals surface area (Å²) in [7, 11) is 0. The summed E-state index contributed by atoms with van der Waals surface area (Å²) in [5, 5.41) is 0. The normalized spacial score (nSPS) is 24.6. The summed E-state index contributed by atoms with van der Waals surface area (Å²) >= 11 is 0. The molecular formula is C50H82O11. The monoisotopic (exact) mass is 859 g/mol. The highest BCUT2D eigenvalue weighted by molar-refractivity contribution is 5.82. The van der Waals surface area contributed by atoms with Crippen LogP contribution in [0.4, 0.5) is 0 Å². The first-order valence-corrected chi connectivity index (χ1v) is 22.6. The van der Waals surface area contributed by atoms with E-state index < -0.39 is 11.9 Å². The molecule has 0 heterocycles. The van der Waals surface area contributed by atoms with Gasteiger partial charge in [-0.1, -0.05) is 70.1 Å². The molecule has 11 heteroatoms. The summed E-state index contributed by atoms with van der Waals surface area (Å²) in [5.74, 6) is 5.07. The largest absolute Gasteiger partial charge is 0.462 e. The second kappa shape index (κ2) is 31.0. The Hall–Kier alpha value is -3.94. The molecule has 5 saturated carbocycles. The molecule has 4 bridgehead atoms. The number of ether oxygens (including phenoxy) is 5. The molecule has 11 nitrogen and oxygen atoms in total. The molecule has 1 unspecified atom stereocenters. The van der Waals surface area contributed by atoms with Gasteiger partial charge in [0.2, 0.25) is 0 Å². The van der Waals surface area contributed by atoms with Gasteiger partial charge in [0.1, 0.15) is 18.3 Å². The van der Waals surface area contributed by atoms with Crippen molar-refractivity contribution in [2.45, 2.75) is 204 Å². The van der Waals surface area contributed by atoms with E-state index in [9.17, 15) is 28.8 Å². The summed E-state index contributed by atoms with van der Waals surface area (Å²) in [6, 6.07) is 0. The average molecular weight is 859 g/mol. The van der Waals surface area contributed by atoms with E-state index in [4.69, 9.17) is 25.4 Å². The van der Waals surface area contributed by atoms with Crippen LogP contribution >= 0.6 is 0 Å². The van der Waals surface area contributed by atoms with Gasteiger partial charge in [-0.3, -0.25) is 28.8 Å². The lowest BCUT2D eigenvalue weighted by molar-refractivity contribution is -0.184. The Morgan fingerprint density at radius 3 is 1.67 bits per heavy atom. The van der Waals surface area contributed by atoms with Gasteiger partial charge >= 0.3 is 35.8 Å². The van der Waals surface area contributed by atoms with Crippen LogP contribution in [-0.2, 0) is 52.5 Å². The Kier molecular flexibility index (Phi) is 29.0. The van der Waals surface area contributed by atoms with Crippen molar-refractivity contribution in [3.63, 3.8) is 0 Å². The first kappa shape index (κ1) is 57.1. The van der Waals surface area contributed by atoms with Crippen molar-refractivity contribution in [1.82, 2.24) is 0 Å². The van der Waals surface area contributed by atoms with E-state index in [2.05, 4.69) is 65.2 Å². The summed E-state index contributed by atoms with van der Waals surface area (Å²) < 4.78 is 24.7. The third-order valence-corrected chi connectivity index (χ3v) is 11.3. The van der Waals surface area contributed by atoms with Gasteiger partial charge in [-0.15, -0.1) is 6.42 Å². The maximum Gasteiger partial charge on any atom is 0.310 e. The smallest absolute Gasteiger partial charge is 0.310 e. The van der Waals surface area contributed by atoms with Crippen molar-refractivity contribution in [3.8, 4) is 12.3 Å². The fourth-order valence-corrected chi connectivity index (χ4v) is 9.08. The predicted molar refractivity (Wildman–Crippen MR) is 240 cm³/mol. The number of unbranched alkanes of at least 4 members (excludes halogenated alkanes) is 2. The lowest BCUT2D eigenvalue weighted by atomic mass is 9.54. The molecule has 0 saturated heterocycles. The Labute approximate surface area is 369 Å². The lowest BCUT2D eigenvalue weighted by Crippen LogP contribution is -2.52. The van der Waals surface area contributed by atoms with Gasteiger partial charge in [0.05, 0.1) is 0 Å². The van der Waals surface area contributed by atoms with Crippen LogP contribution in [0.3, 0.4) is 0 Å². The molecule has 348 valence electrons. The molecule has 5 aliphatic carbocycles. The van der Waals surface area contributed by atoms with Gasteiger partial charge in [-0.05, 0) is 139 Å². The quantitative estimate of drug-likeness (QED) is 0.0435. The van der Waals surface area contributed by atoms with E-state index in [0.29, 0.717) is 24.4 Å². The van der Waals surface area contributed by atoms with Crippen molar-refractivity contribution in [2.24, 2.45) is 35.5 Å². The predicted octanol–water partition coefficient (Wildman–Crippen LogP) is 11.0. The van der Waals surface area contributed by atoms with Crippen molar-refractivity contribution < 1.29 is 52.5 Å². The summed E-state index contributed by atoms with van der Waals surface area (Å²) in [5.41, 5.74) is 2.59. The van der Waals surface area contributed by atoms with Gasteiger partial charge in [0, 0.05) is 41.5 Å². The molecule has 0 radical (unpaired) electrons. The van der Waals surface area contributed by atoms with Crippen LogP contribution < -0.4 is 0 Å². The lowest BCUT2D eigenvalue weighted by Gasteiger charge is -2.55. The Morgan fingerprint density at radius 1 is 0.721 bits per heavy atom. The van der Waals surface area contributed by atoms with Crippen LogP contribution in [0.5, 0.6) is 0 Å². The third kappa shape index (κ3) is 28.3. The molecule has 5 rings (SSSR count). The molecular weight excluding hydrogens is 777 g/mol. The number of hydrogen-bond donors (Lipinski definition) is 0. The van der Waals surface area contributed by atoms with Crippen molar-refractivity contribution in [2.75, 3.05) is 6.61 Å². The maximum absolute atomic E-state index is 11.1. The minimum absolute atomic E-state index is 0.0272. The highest BCUT2D eigenvalue weighted by Crippen LogP contribution is 2.57. The molecule has 0 N–H and O–H groups in total. The zero-order chi connectivity index (χ0) is 46.7. The maximum atomic E-state index is 11.1. The molecule has 0 aromatic heterocycles. The van der Waals surface area contributed by atoms with E-state index >= 15 is 0 Å². The van der Waals surface area contributed by atoms with Crippen LogP contribution in [0.1, 0.15) is 186 Å². The molecule has 5 aliphatic rings. The van der Waals surface area contributed by atoms with E-state index in [1.54, 1.807) is 6.92 Å². The fourth-order valence-electron chi connectivity index (χ4n) is 9.08. The van der Waals surface area contributed by atoms with Crippen LogP contribution in [0, 0.1) is 47.9 Å². The SMILES string of the molecule is C#CC(CCCCC)OC(C)=O.CC(=O)OC(C)=O.CC(=O)OC/C=C(/C)CCC=C(C)C.CC(=O)OC12CC3CC(CC(C3)C1)C2.CC(=O)O[C@@H]1C[C@H](C)CC[C@H]1C(C)C. The second-order valence-electron chi connectivity index (χ2n) is 18.2. The Bertz CT molecular complexity index is 1410. The number of carbonyl (C=O) groups is 6. The van der Waals surface area contributed by atoms with Crippen LogP contribution in [-0.4, -0.2) is 60.2 Å². The van der Waals surface area contributed by atoms with Crippen LogP contribution in [0.15, 0.2) is 23.3 Å². The first-order valence-electron chi connectivity index (χ1n) is 22.6.